The summed E-state index contributed by atoms with van der Waals surface area (Å²) in [7, 11) is 0. The van der Waals surface area contributed by atoms with Gasteiger partial charge in [0.2, 0.25) is 0 Å². The zero-order valence-corrected chi connectivity index (χ0v) is 13.2. The molecule has 2 aromatic heterocycles. The van der Waals surface area contributed by atoms with Gasteiger partial charge in [-0.2, -0.15) is 0 Å². The molecule has 1 unspecified atom stereocenters. The first-order valence-corrected chi connectivity index (χ1v) is 7.44. The Morgan fingerprint density at radius 2 is 1.96 bits per heavy atom. The number of hydrogen-bond acceptors (Lipinski definition) is 5. The zero-order chi connectivity index (χ0) is 17.3. The first-order valence-electron chi connectivity index (χ1n) is 7.44. The molecule has 9 heteroatoms. The predicted molar refractivity (Wildman–Crippen MR) is 86.8 cm³/mol. The monoisotopic (exact) mass is 328 g/mol. The van der Waals surface area contributed by atoms with E-state index in [9.17, 15) is 14.4 Å². The second-order valence-corrected chi connectivity index (χ2v) is 5.34. The molecule has 0 bridgehead atoms. The maximum Gasteiger partial charge on any atom is 0.314 e. The topological polar surface area (TPSA) is 126 Å². The Labute approximate surface area is 135 Å². The lowest BCUT2D eigenvalue weighted by molar-refractivity contribution is 0.0937. The SMILES string of the molecule is CCn1cnnc1C(C)NC(=O)c1ccc2[nH]c(=O)c(=O)[nH]c2c1. The van der Waals surface area contributed by atoms with Crippen LogP contribution in [0.25, 0.3) is 11.0 Å². The molecule has 0 radical (unpaired) electrons. The van der Waals surface area contributed by atoms with Crippen molar-refractivity contribution in [3.8, 4) is 0 Å². The Bertz CT molecular complexity index is 1020. The van der Waals surface area contributed by atoms with E-state index in [2.05, 4.69) is 25.5 Å². The van der Waals surface area contributed by atoms with E-state index in [1.54, 1.807) is 18.5 Å². The van der Waals surface area contributed by atoms with E-state index < -0.39 is 11.1 Å². The fraction of sp³-hybridized carbons (Fsp3) is 0.267. The molecule has 0 saturated carbocycles. The van der Waals surface area contributed by atoms with E-state index in [4.69, 9.17) is 0 Å². The number of fused-ring (bicyclic) bond motifs is 1. The Balaban J connectivity index is 1.87. The highest BCUT2D eigenvalue weighted by molar-refractivity contribution is 5.97. The van der Waals surface area contributed by atoms with Gasteiger partial charge in [-0.25, -0.2) is 0 Å². The number of aromatic amines is 2. The second kappa shape index (κ2) is 6.11. The summed E-state index contributed by atoms with van der Waals surface area (Å²) < 4.78 is 1.84. The molecule has 0 saturated heterocycles. The number of nitrogens with zero attached hydrogens (tertiary/aromatic N) is 3. The third kappa shape index (κ3) is 2.83. The van der Waals surface area contributed by atoms with Crippen molar-refractivity contribution in [2.75, 3.05) is 0 Å². The number of nitrogens with one attached hydrogen (secondary N) is 3. The van der Waals surface area contributed by atoms with Gasteiger partial charge >= 0.3 is 11.1 Å². The van der Waals surface area contributed by atoms with Gasteiger partial charge in [0.1, 0.15) is 6.33 Å². The third-order valence-corrected chi connectivity index (χ3v) is 3.71. The average molecular weight is 328 g/mol. The van der Waals surface area contributed by atoms with Crippen LogP contribution in [0, 0.1) is 0 Å². The van der Waals surface area contributed by atoms with Crippen LogP contribution in [0.5, 0.6) is 0 Å². The largest absolute Gasteiger partial charge is 0.342 e. The minimum Gasteiger partial charge on any atom is -0.342 e. The number of benzene rings is 1. The van der Waals surface area contributed by atoms with Gasteiger partial charge in [-0.15, -0.1) is 10.2 Å². The number of carbonyl (C=O) groups excluding carboxylic acids is 1. The molecule has 3 N–H and O–H groups in total. The van der Waals surface area contributed by atoms with Crippen LogP contribution in [-0.4, -0.2) is 30.6 Å². The van der Waals surface area contributed by atoms with Crippen molar-refractivity contribution in [3.05, 3.63) is 56.6 Å². The summed E-state index contributed by atoms with van der Waals surface area (Å²) in [5.41, 5.74) is -0.289. The van der Waals surface area contributed by atoms with Crippen LogP contribution >= 0.6 is 0 Å². The molecule has 1 atom stereocenters. The third-order valence-electron chi connectivity index (χ3n) is 3.71. The average Bonchev–Trinajstić information content (AvgIpc) is 3.04. The lowest BCUT2D eigenvalue weighted by atomic mass is 10.1. The number of aromatic nitrogens is 5. The summed E-state index contributed by atoms with van der Waals surface area (Å²) >= 11 is 0. The van der Waals surface area contributed by atoms with Crippen molar-refractivity contribution < 1.29 is 4.79 Å². The summed E-state index contributed by atoms with van der Waals surface area (Å²) in [4.78, 5) is 40.0. The minimum atomic E-state index is -0.760. The zero-order valence-electron chi connectivity index (χ0n) is 13.2. The molecule has 24 heavy (non-hydrogen) atoms. The molecule has 3 aromatic rings. The molecule has 0 aliphatic carbocycles. The predicted octanol–water partition coefficient (Wildman–Crippen LogP) is 0.319. The number of hydrogen-bond donors (Lipinski definition) is 3. The Kier molecular flexibility index (Phi) is 3.98. The van der Waals surface area contributed by atoms with E-state index >= 15 is 0 Å². The smallest absolute Gasteiger partial charge is 0.314 e. The van der Waals surface area contributed by atoms with Crippen molar-refractivity contribution in [1.82, 2.24) is 30.0 Å². The normalized spacial score (nSPS) is 12.2. The second-order valence-electron chi connectivity index (χ2n) is 5.34. The van der Waals surface area contributed by atoms with Crippen molar-refractivity contribution in [1.29, 1.82) is 0 Å². The molecule has 3 rings (SSSR count). The molecule has 1 amide bonds. The minimum absolute atomic E-state index is 0.317. The summed E-state index contributed by atoms with van der Waals surface area (Å²) in [6.45, 7) is 4.48. The van der Waals surface area contributed by atoms with Crippen LogP contribution in [0.3, 0.4) is 0 Å². The maximum atomic E-state index is 12.4. The molecule has 1 aromatic carbocycles. The molecule has 9 nitrogen and oxygen atoms in total. The number of carbonyl (C=O) groups is 1. The lowest BCUT2D eigenvalue weighted by Gasteiger charge is -2.14. The molecule has 2 heterocycles. The van der Waals surface area contributed by atoms with Gasteiger partial charge in [-0.1, -0.05) is 0 Å². The van der Waals surface area contributed by atoms with Crippen LogP contribution < -0.4 is 16.4 Å². The molecular weight excluding hydrogens is 312 g/mol. The molecule has 0 spiro atoms. The van der Waals surface area contributed by atoms with E-state index in [0.717, 1.165) is 0 Å². The maximum absolute atomic E-state index is 12.4. The van der Waals surface area contributed by atoms with Gasteiger partial charge in [0.05, 0.1) is 17.1 Å². The summed E-state index contributed by atoms with van der Waals surface area (Å²) in [5.74, 6) is 0.339. The first kappa shape index (κ1) is 15.7. The van der Waals surface area contributed by atoms with Gasteiger partial charge in [-0.3, -0.25) is 14.4 Å². The van der Waals surface area contributed by atoms with E-state index in [1.807, 2.05) is 18.4 Å². The Morgan fingerprint density at radius 1 is 1.25 bits per heavy atom. The highest BCUT2D eigenvalue weighted by atomic mass is 16.2. The van der Waals surface area contributed by atoms with Gasteiger partial charge in [0, 0.05) is 12.1 Å². The van der Waals surface area contributed by atoms with E-state index in [1.165, 1.54) is 6.07 Å². The molecule has 124 valence electrons. The summed E-state index contributed by atoms with van der Waals surface area (Å²) in [6, 6.07) is 4.33. The molecule has 0 fully saturated rings. The summed E-state index contributed by atoms with van der Waals surface area (Å²) in [6.07, 6.45) is 1.61. The van der Waals surface area contributed by atoms with Crippen molar-refractivity contribution in [2.45, 2.75) is 26.4 Å². The van der Waals surface area contributed by atoms with Gasteiger partial charge in [-0.05, 0) is 32.0 Å². The quantitative estimate of drug-likeness (QED) is 0.595. The Hall–Kier alpha value is -3.23. The fourth-order valence-electron chi connectivity index (χ4n) is 2.44. The number of aryl methyl sites for hydroxylation is 1. The fourth-order valence-corrected chi connectivity index (χ4v) is 2.44. The van der Waals surface area contributed by atoms with Crippen molar-refractivity contribution in [2.24, 2.45) is 0 Å². The highest BCUT2D eigenvalue weighted by Crippen LogP contribution is 2.13. The molecule has 0 aliphatic rings. The standard InChI is InChI=1S/C15H16N6O3/c1-3-21-7-16-20-12(21)8(2)17-13(22)9-4-5-10-11(6-9)19-15(24)14(23)18-10/h4-8H,3H2,1-2H3,(H,17,22)(H,18,23)(H,19,24). The van der Waals surface area contributed by atoms with Crippen LogP contribution in [0.15, 0.2) is 34.1 Å². The highest BCUT2D eigenvalue weighted by Gasteiger charge is 2.16. The van der Waals surface area contributed by atoms with E-state index in [0.29, 0.717) is 29.0 Å². The van der Waals surface area contributed by atoms with Gasteiger partial charge in [0.25, 0.3) is 5.91 Å². The van der Waals surface area contributed by atoms with Gasteiger partial charge in [0.15, 0.2) is 5.82 Å². The van der Waals surface area contributed by atoms with Crippen molar-refractivity contribution in [3.63, 3.8) is 0 Å². The first-order chi connectivity index (χ1) is 11.5. The Morgan fingerprint density at radius 3 is 2.67 bits per heavy atom. The molecular formula is C15H16N6O3. The van der Waals surface area contributed by atoms with Crippen molar-refractivity contribution >= 4 is 16.9 Å². The molecule has 0 aliphatic heterocycles. The number of H-pyrrole nitrogens is 2. The summed E-state index contributed by atoms with van der Waals surface area (Å²) in [5, 5.41) is 10.7. The van der Waals surface area contributed by atoms with E-state index in [-0.39, 0.29) is 11.9 Å². The van der Waals surface area contributed by atoms with Gasteiger partial charge < -0.3 is 19.9 Å². The number of rotatable bonds is 4. The van der Waals surface area contributed by atoms with Crippen LogP contribution in [0.2, 0.25) is 0 Å². The lowest BCUT2D eigenvalue weighted by Crippen LogP contribution is -2.30. The van der Waals surface area contributed by atoms with Crippen LogP contribution in [0.1, 0.15) is 36.1 Å². The number of amides is 1. The van der Waals surface area contributed by atoms with Crippen LogP contribution in [0.4, 0.5) is 0 Å². The van der Waals surface area contributed by atoms with Crippen LogP contribution in [-0.2, 0) is 6.54 Å².